The van der Waals surface area contributed by atoms with Gasteiger partial charge in [-0.3, -0.25) is 15.0 Å². The first-order valence-electron chi connectivity index (χ1n) is 5.99. The summed E-state index contributed by atoms with van der Waals surface area (Å²) in [6.07, 6.45) is 3.60. The molecule has 0 aliphatic carbocycles. The number of para-hydroxylation sites is 2. The zero-order valence-electron chi connectivity index (χ0n) is 10.8. The van der Waals surface area contributed by atoms with Gasteiger partial charge in [-0.05, 0) is 6.07 Å². The summed E-state index contributed by atoms with van der Waals surface area (Å²) in [7, 11) is 0. The lowest BCUT2D eigenvalue weighted by molar-refractivity contribution is -0.385. The van der Waals surface area contributed by atoms with E-state index < -0.39 is 4.92 Å². The van der Waals surface area contributed by atoms with Crippen LogP contribution < -0.4 is 4.74 Å². The first-order valence-corrected chi connectivity index (χ1v) is 5.99. The van der Waals surface area contributed by atoms with Crippen molar-refractivity contribution >= 4 is 5.69 Å². The summed E-state index contributed by atoms with van der Waals surface area (Å²) in [6.45, 7) is 9.86. The van der Waals surface area contributed by atoms with Crippen LogP contribution in [-0.4, -0.2) is 36.1 Å². The Morgan fingerprint density at radius 3 is 2.47 bits per heavy atom. The molecule has 0 unspecified atom stereocenters. The Kier molecular flexibility index (Phi) is 6.32. The van der Waals surface area contributed by atoms with Crippen molar-refractivity contribution in [1.82, 2.24) is 4.90 Å². The van der Waals surface area contributed by atoms with Crippen LogP contribution in [0.3, 0.4) is 0 Å². The van der Waals surface area contributed by atoms with E-state index in [9.17, 15) is 10.1 Å². The maximum atomic E-state index is 10.8. The molecule has 0 N–H and O–H groups in total. The van der Waals surface area contributed by atoms with Gasteiger partial charge in [-0.1, -0.05) is 24.3 Å². The summed E-state index contributed by atoms with van der Waals surface area (Å²) < 4.78 is 5.47. The molecule has 5 heteroatoms. The van der Waals surface area contributed by atoms with Crippen molar-refractivity contribution in [3.63, 3.8) is 0 Å². The predicted molar refractivity (Wildman–Crippen MR) is 75.4 cm³/mol. The number of ether oxygens (including phenoxy) is 1. The number of nitro groups is 1. The van der Waals surface area contributed by atoms with Crippen molar-refractivity contribution in [2.75, 3.05) is 26.2 Å². The minimum absolute atomic E-state index is 0.0125. The second kappa shape index (κ2) is 8.05. The summed E-state index contributed by atoms with van der Waals surface area (Å²) in [5.41, 5.74) is -0.0125. The Labute approximate surface area is 112 Å². The number of benzene rings is 1. The summed E-state index contributed by atoms with van der Waals surface area (Å²) in [5, 5.41) is 10.8. The second-order valence-corrected chi connectivity index (χ2v) is 3.91. The Balaban J connectivity index is 2.54. The average molecular weight is 262 g/mol. The normalized spacial score (nSPS) is 10.2. The van der Waals surface area contributed by atoms with Crippen molar-refractivity contribution < 1.29 is 9.66 Å². The van der Waals surface area contributed by atoms with Gasteiger partial charge in [0.15, 0.2) is 5.75 Å². The van der Waals surface area contributed by atoms with Gasteiger partial charge in [0.2, 0.25) is 0 Å². The third kappa shape index (κ3) is 4.93. The molecular weight excluding hydrogens is 244 g/mol. The van der Waals surface area contributed by atoms with Crippen LogP contribution in [0, 0.1) is 10.1 Å². The smallest absolute Gasteiger partial charge is 0.310 e. The second-order valence-electron chi connectivity index (χ2n) is 3.91. The number of nitrogens with zero attached hydrogens (tertiary/aromatic N) is 2. The summed E-state index contributed by atoms with van der Waals surface area (Å²) in [5.74, 6) is 0.296. The molecule has 0 heterocycles. The lowest BCUT2D eigenvalue weighted by atomic mass is 10.3. The highest BCUT2D eigenvalue weighted by molar-refractivity contribution is 5.45. The van der Waals surface area contributed by atoms with Crippen LogP contribution in [0.25, 0.3) is 0 Å². The Morgan fingerprint density at radius 2 is 1.89 bits per heavy atom. The molecule has 0 bridgehead atoms. The van der Waals surface area contributed by atoms with Gasteiger partial charge in [-0.2, -0.15) is 0 Å². The van der Waals surface area contributed by atoms with E-state index in [4.69, 9.17) is 4.74 Å². The van der Waals surface area contributed by atoms with Gasteiger partial charge in [-0.15, -0.1) is 13.2 Å². The number of hydrogen-bond donors (Lipinski definition) is 0. The SMILES string of the molecule is C=CCN(CC=C)CCOc1ccccc1[N+](=O)[O-]. The van der Waals surface area contributed by atoms with Crippen LogP contribution in [-0.2, 0) is 0 Å². The van der Waals surface area contributed by atoms with Gasteiger partial charge in [0.25, 0.3) is 0 Å². The first kappa shape index (κ1) is 14.9. The highest BCUT2D eigenvalue weighted by atomic mass is 16.6. The fourth-order valence-corrected chi connectivity index (χ4v) is 1.64. The van der Waals surface area contributed by atoms with E-state index in [1.807, 2.05) is 0 Å². The first-order chi connectivity index (χ1) is 9.19. The van der Waals surface area contributed by atoms with E-state index in [-0.39, 0.29) is 5.69 Å². The summed E-state index contributed by atoms with van der Waals surface area (Å²) >= 11 is 0. The highest BCUT2D eigenvalue weighted by Gasteiger charge is 2.13. The fraction of sp³-hybridized carbons (Fsp3) is 0.286. The van der Waals surface area contributed by atoms with Gasteiger partial charge in [0.1, 0.15) is 6.61 Å². The van der Waals surface area contributed by atoms with Crippen LogP contribution in [0.1, 0.15) is 0 Å². The molecule has 0 saturated heterocycles. The van der Waals surface area contributed by atoms with Crippen molar-refractivity contribution in [2.24, 2.45) is 0 Å². The standard InChI is InChI=1S/C14H18N2O3/c1-3-9-15(10-4-2)11-12-19-14-8-6-5-7-13(14)16(17)18/h3-8H,1-2,9-12H2. The van der Waals surface area contributed by atoms with Gasteiger partial charge in [0.05, 0.1) is 4.92 Å². The molecule has 0 fully saturated rings. The van der Waals surface area contributed by atoms with Crippen LogP contribution in [0.4, 0.5) is 5.69 Å². The van der Waals surface area contributed by atoms with E-state index in [1.54, 1.807) is 30.4 Å². The zero-order chi connectivity index (χ0) is 14.1. The molecule has 0 aliphatic heterocycles. The monoisotopic (exact) mass is 262 g/mol. The van der Waals surface area contributed by atoms with Gasteiger partial charge in [-0.25, -0.2) is 0 Å². The summed E-state index contributed by atoms with van der Waals surface area (Å²) in [4.78, 5) is 12.4. The van der Waals surface area contributed by atoms with Gasteiger partial charge in [0, 0.05) is 25.7 Å². The molecular formula is C14H18N2O3. The molecule has 19 heavy (non-hydrogen) atoms. The van der Waals surface area contributed by atoms with Gasteiger partial charge >= 0.3 is 5.69 Å². The lowest BCUT2D eigenvalue weighted by Crippen LogP contribution is -2.28. The molecule has 0 spiro atoms. The third-order valence-electron chi connectivity index (χ3n) is 2.50. The predicted octanol–water partition coefficient (Wildman–Crippen LogP) is 2.65. The molecule has 102 valence electrons. The van der Waals surface area contributed by atoms with E-state index in [1.165, 1.54) is 6.07 Å². The molecule has 5 nitrogen and oxygen atoms in total. The third-order valence-corrected chi connectivity index (χ3v) is 2.50. The molecule has 0 amide bonds. The zero-order valence-corrected chi connectivity index (χ0v) is 10.8. The molecule has 0 saturated carbocycles. The molecule has 1 rings (SSSR count). The number of hydrogen-bond acceptors (Lipinski definition) is 4. The molecule has 1 aromatic rings. The molecule has 0 radical (unpaired) electrons. The number of nitro benzene ring substituents is 1. The Morgan fingerprint density at radius 1 is 1.26 bits per heavy atom. The van der Waals surface area contributed by atoms with Crippen molar-refractivity contribution in [3.8, 4) is 5.75 Å². The number of rotatable bonds is 9. The van der Waals surface area contributed by atoms with E-state index in [0.717, 1.165) is 13.1 Å². The average Bonchev–Trinajstić information content (AvgIpc) is 2.39. The Bertz CT molecular complexity index is 436. The van der Waals surface area contributed by atoms with E-state index in [0.29, 0.717) is 18.9 Å². The van der Waals surface area contributed by atoms with Crippen LogP contribution in [0.15, 0.2) is 49.6 Å². The van der Waals surface area contributed by atoms with Crippen LogP contribution >= 0.6 is 0 Å². The lowest BCUT2D eigenvalue weighted by Gasteiger charge is -2.18. The molecule has 0 atom stereocenters. The molecule has 1 aromatic carbocycles. The van der Waals surface area contributed by atoms with Crippen molar-refractivity contribution in [2.45, 2.75) is 0 Å². The van der Waals surface area contributed by atoms with E-state index >= 15 is 0 Å². The van der Waals surface area contributed by atoms with Gasteiger partial charge < -0.3 is 4.74 Å². The maximum Gasteiger partial charge on any atom is 0.310 e. The molecule has 0 aromatic heterocycles. The minimum atomic E-state index is -0.444. The maximum absolute atomic E-state index is 10.8. The van der Waals surface area contributed by atoms with Crippen LogP contribution in [0.5, 0.6) is 5.75 Å². The largest absolute Gasteiger partial charge is 0.485 e. The van der Waals surface area contributed by atoms with E-state index in [2.05, 4.69) is 18.1 Å². The van der Waals surface area contributed by atoms with Crippen molar-refractivity contribution in [1.29, 1.82) is 0 Å². The Hall–Kier alpha value is -2.14. The molecule has 0 aliphatic rings. The quantitative estimate of drug-likeness (QED) is 0.390. The fourth-order valence-electron chi connectivity index (χ4n) is 1.64. The highest BCUT2D eigenvalue weighted by Crippen LogP contribution is 2.25. The van der Waals surface area contributed by atoms with Crippen molar-refractivity contribution in [3.05, 3.63) is 59.7 Å². The summed E-state index contributed by atoms with van der Waals surface area (Å²) in [6, 6.07) is 6.37. The van der Waals surface area contributed by atoms with Crippen LogP contribution in [0.2, 0.25) is 0 Å². The topological polar surface area (TPSA) is 55.6 Å². The minimum Gasteiger partial charge on any atom is -0.485 e.